The van der Waals surface area contributed by atoms with Gasteiger partial charge in [0.2, 0.25) is 0 Å². The van der Waals surface area contributed by atoms with Gasteiger partial charge >= 0.3 is 12.1 Å². The fourth-order valence-electron chi connectivity index (χ4n) is 2.01. The molecule has 2 rings (SSSR count). The van der Waals surface area contributed by atoms with E-state index in [4.69, 9.17) is 28.3 Å². The van der Waals surface area contributed by atoms with Gasteiger partial charge in [0.15, 0.2) is 5.69 Å². The van der Waals surface area contributed by atoms with Crippen molar-refractivity contribution in [2.75, 3.05) is 0 Å². The van der Waals surface area contributed by atoms with E-state index in [1.54, 1.807) is 0 Å². The second-order valence-electron chi connectivity index (χ2n) is 4.66. The van der Waals surface area contributed by atoms with Crippen molar-refractivity contribution >= 4 is 35.2 Å². The lowest BCUT2D eigenvalue weighted by atomic mass is 10.1. The summed E-state index contributed by atoms with van der Waals surface area (Å²) >= 11 is 11.5. The molecule has 0 bridgehead atoms. The molecule has 0 unspecified atom stereocenters. The number of hydrogen-bond acceptors (Lipinski definition) is 2. The Morgan fingerprint density at radius 2 is 1.96 bits per heavy atom. The first-order valence-electron chi connectivity index (χ1n) is 6.22. The maximum absolute atomic E-state index is 14.1. The van der Waals surface area contributed by atoms with Gasteiger partial charge in [0.05, 0.1) is 10.0 Å². The number of alkyl halides is 3. The topological polar surface area (TPSA) is 55.1 Å². The predicted molar refractivity (Wildman–Crippen MR) is 80.3 cm³/mol. The van der Waals surface area contributed by atoms with Gasteiger partial charge in [-0.1, -0.05) is 23.2 Å². The fourth-order valence-corrected chi connectivity index (χ4v) is 2.60. The van der Waals surface area contributed by atoms with Gasteiger partial charge in [0, 0.05) is 18.7 Å². The van der Waals surface area contributed by atoms with E-state index in [0.29, 0.717) is 4.68 Å². The lowest BCUT2D eigenvalue weighted by Gasteiger charge is -2.07. The Morgan fingerprint density at radius 1 is 1.33 bits per heavy atom. The van der Waals surface area contributed by atoms with E-state index in [-0.39, 0.29) is 16.1 Å². The molecule has 0 radical (unpaired) electrons. The standard InChI is InChI=1S/C14H8Cl2F4N2O2/c1-22-13(14(18,19)20)11(16)12(21-22)7-4-6(2-3-10(23)24)8(15)5-9(7)17/h2-5H,1H3,(H,23,24). The number of rotatable bonds is 3. The average Bonchev–Trinajstić information content (AvgIpc) is 2.72. The van der Waals surface area contributed by atoms with Gasteiger partial charge in [-0.25, -0.2) is 9.18 Å². The van der Waals surface area contributed by atoms with Crippen molar-refractivity contribution < 1.29 is 27.5 Å². The molecule has 24 heavy (non-hydrogen) atoms. The Kier molecular flexibility index (Phi) is 4.91. The molecule has 0 aliphatic carbocycles. The molecule has 1 aromatic heterocycles. The monoisotopic (exact) mass is 382 g/mol. The second kappa shape index (κ2) is 6.45. The van der Waals surface area contributed by atoms with Crippen LogP contribution in [0.2, 0.25) is 10.0 Å². The van der Waals surface area contributed by atoms with Crippen LogP contribution in [0.4, 0.5) is 17.6 Å². The molecular formula is C14H8Cl2F4N2O2. The van der Waals surface area contributed by atoms with E-state index in [9.17, 15) is 22.4 Å². The molecule has 0 amide bonds. The summed E-state index contributed by atoms with van der Waals surface area (Å²) in [5.41, 5.74) is -1.90. The van der Waals surface area contributed by atoms with E-state index in [1.165, 1.54) is 0 Å². The molecule has 0 saturated heterocycles. The van der Waals surface area contributed by atoms with E-state index in [1.807, 2.05) is 0 Å². The summed E-state index contributed by atoms with van der Waals surface area (Å²) in [6.07, 6.45) is -2.94. The van der Waals surface area contributed by atoms with Gasteiger partial charge in [-0.05, 0) is 23.8 Å². The maximum atomic E-state index is 14.1. The highest BCUT2D eigenvalue weighted by atomic mass is 35.5. The lowest BCUT2D eigenvalue weighted by molar-refractivity contribution is -0.143. The van der Waals surface area contributed by atoms with Crippen LogP contribution in [-0.2, 0) is 18.0 Å². The maximum Gasteiger partial charge on any atom is 0.434 e. The van der Waals surface area contributed by atoms with Crippen LogP contribution in [-0.4, -0.2) is 20.9 Å². The normalized spacial score (nSPS) is 12.1. The van der Waals surface area contributed by atoms with Crippen LogP contribution in [0.5, 0.6) is 0 Å². The summed E-state index contributed by atoms with van der Waals surface area (Å²) in [6, 6.07) is 1.92. The summed E-state index contributed by atoms with van der Waals surface area (Å²) < 4.78 is 53.5. The number of aliphatic carboxylic acids is 1. The highest BCUT2D eigenvalue weighted by Crippen LogP contribution is 2.40. The van der Waals surface area contributed by atoms with Crippen LogP contribution < -0.4 is 0 Å². The molecule has 2 aromatic rings. The van der Waals surface area contributed by atoms with E-state index < -0.39 is 34.4 Å². The van der Waals surface area contributed by atoms with Crippen LogP contribution in [0, 0.1) is 5.82 Å². The zero-order valence-electron chi connectivity index (χ0n) is 11.8. The minimum atomic E-state index is -4.77. The molecule has 0 atom stereocenters. The number of aryl methyl sites for hydroxylation is 1. The Labute approximate surface area is 142 Å². The van der Waals surface area contributed by atoms with Crippen molar-refractivity contribution in [1.82, 2.24) is 9.78 Å². The smallest absolute Gasteiger partial charge is 0.434 e. The number of benzene rings is 1. The summed E-state index contributed by atoms with van der Waals surface area (Å²) in [7, 11) is 1.03. The quantitative estimate of drug-likeness (QED) is 0.620. The molecular weight excluding hydrogens is 375 g/mol. The zero-order valence-corrected chi connectivity index (χ0v) is 13.3. The predicted octanol–water partition coefficient (Wildman–Crippen LogP) is 4.65. The van der Waals surface area contributed by atoms with Gasteiger partial charge < -0.3 is 5.11 Å². The van der Waals surface area contributed by atoms with Crippen LogP contribution in [0.1, 0.15) is 11.3 Å². The molecule has 1 heterocycles. The Morgan fingerprint density at radius 3 is 2.46 bits per heavy atom. The third-order valence-electron chi connectivity index (χ3n) is 3.00. The molecule has 0 saturated carbocycles. The first-order chi connectivity index (χ1) is 11.0. The van der Waals surface area contributed by atoms with Gasteiger partial charge in [-0.2, -0.15) is 18.3 Å². The molecule has 1 N–H and O–H groups in total. The summed E-state index contributed by atoms with van der Waals surface area (Å²) in [6.45, 7) is 0. The third kappa shape index (κ3) is 3.54. The fraction of sp³-hybridized carbons (Fsp3) is 0.143. The van der Waals surface area contributed by atoms with Gasteiger partial charge in [0.1, 0.15) is 11.5 Å². The first-order valence-corrected chi connectivity index (χ1v) is 6.98. The Bertz CT molecular complexity index is 844. The van der Waals surface area contributed by atoms with Crippen molar-refractivity contribution in [3.63, 3.8) is 0 Å². The molecule has 10 heteroatoms. The van der Waals surface area contributed by atoms with Gasteiger partial charge in [-0.15, -0.1) is 0 Å². The third-order valence-corrected chi connectivity index (χ3v) is 3.69. The van der Waals surface area contributed by atoms with E-state index in [0.717, 1.165) is 31.3 Å². The zero-order chi connectivity index (χ0) is 18.2. The molecule has 0 fully saturated rings. The number of carbonyl (C=O) groups is 1. The molecule has 4 nitrogen and oxygen atoms in total. The number of nitrogens with zero attached hydrogens (tertiary/aromatic N) is 2. The SMILES string of the molecule is Cn1nc(-c2cc(C=CC(=O)O)c(Cl)cc2F)c(Cl)c1C(F)(F)F. The number of carboxylic acids is 1. The minimum absolute atomic E-state index is 0.0887. The lowest BCUT2D eigenvalue weighted by Crippen LogP contribution is -2.12. The Hall–Kier alpha value is -2.06. The van der Waals surface area contributed by atoms with Crippen molar-refractivity contribution in [2.24, 2.45) is 7.05 Å². The number of hydrogen-bond donors (Lipinski definition) is 1. The van der Waals surface area contributed by atoms with E-state index in [2.05, 4.69) is 5.10 Å². The number of aromatic nitrogens is 2. The van der Waals surface area contributed by atoms with Crippen LogP contribution >= 0.6 is 23.2 Å². The van der Waals surface area contributed by atoms with Crippen molar-refractivity contribution in [1.29, 1.82) is 0 Å². The molecule has 0 spiro atoms. The number of carboxylic acid groups (broad SMARTS) is 1. The van der Waals surface area contributed by atoms with Gasteiger partial charge in [-0.3, -0.25) is 4.68 Å². The van der Waals surface area contributed by atoms with Crippen LogP contribution in [0.3, 0.4) is 0 Å². The van der Waals surface area contributed by atoms with Crippen molar-refractivity contribution in [2.45, 2.75) is 6.18 Å². The summed E-state index contributed by atoms with van der Waals surface area (Å²) in [5.74, 6) is -2.21. The largest absolute Gasteiger partial charge is 0.478 e. The summed E-state index contributed by atoms with van der Waals surface area (Å²) in [5, 5.41) is 11.4. The molecule has 128 valence electrons. The molecule has 1 aromatic carbocycles. The highest BCUT2D eigenvalue weighted by Gasteiger charge is 2.39. The molecule has 0 aliphatic heterocycles. The van der Waals surface area contributed by atoms with Crippen LogP contribution in [0.15, 0.2) is 18.2 Å². The van der Waals surface area contributed by atoms with Gasteiger partial charge in [0.25, 0.3) is 0 Å². The summed E-state index contributed by atoms with van der Waals surface area (Å²) in [4.78, 5) is 10.6. The second-order valence-corrected chi connectivity index (χ2v) is 5.44. The number of halogens is 6. The average molecular weight is 383 g/mol. The van der Waals surface area contributed by atoms with Crippen LogP contribution in [0.25, 0.3) is 17.3 Å². The Balaban J connectivity index is 2.66. The first kappa shape index (κ1) is 18.3. The van der Waals surface area contributed by atoms with Crippen molar-refractivity contribution in [3.8, 4) is 11.3 Å². The van der Waals surface area contributed by atoms with E-state index >= 15 is 0 Å². The minimum Gasteiger partial charge on any atom is -0.478 e. The molecule has 0 aliphatic rings. The van der Waals surface area contributed by atoms with Crippen molar-refractivity contribution in [3.05, 3.63) is 45.3 Å². The highest BCUT2D eigenvalue weighted by molar-refractivity contribution is 6.34.